The number of nitrogens with one attached hydrogen (secondary N) is 1. The highest BCUT2D eigenvalue weighted by molar-refractivity contribution is 4.87. The molecule has 1 N–H and O–H groups in total. The topological polar surface area (TPSA) is 69.4 Å². The first kappa shape index (κ1) is 16.1. The second kappa shape index (κ2) is 8.24. The van der Waals surface area contributed by atoms with Gasteiger partial charge < -0.3 is 19.3 Å². The van der Waals surface area contributed by atoms with Gasteiger partial charge >= 0.3 is 0 Å². The predicted octanol–water partition coefficient (Wildman–Crippen LogP) is 1.21. The van der Waals surface area contributed by atoms with Gasteiger partial charge in [0.2, 0.25) is 5.89 Å². The second-order valence-electron chi connectivity index (χ2n) is 5.39. The molecule has 0 aromatic carbocycles. The summed E-state index contributed by atoms with van der Waals surface area (Å²) in [4.78, 5) is 4.32. The Balaban J connectivity index is 2.17. The third-order valence-corrected chi connectivity index (χ3v) is 2.41. The van der Waals surface area contributed by atoms with E-state index in [1.807, 2.05) is 0 Å². The molecule has 1 rings (SSSR count). The van der Waals surface area contributed by atoms with Gasteiger partial charge in [-0.2, -0.15) is 4.98 Å². The monoisotopic (exact) mass is 271 g/mol. The van der Waals surface area contributed by atoms with Crippen LogP contribution in [0.1, 0.15) is 32.5 Å². The van der Waals surface area contributed by atoms with Crippen molar-refractivity contribution in [3.8, 4) is 0 Å². The fraction of sp³-hybridized carbons (Fsp3) is 0.846. The van der Waals surface area contributed by atoms with E-state index in [2.05, 4.69) is 36.2 Å². The van der Waals surface area contributed by atoms with Crippen molar-refractivity contribution in [3.05, 3.63) is 11.7 Å². The molecular weight excluding hydrogens is 246 g/mol. The highest BCUT2D eigenvalue weighted by Gasteiger charge is 2.10. The van der Waals surface area contributed by atoms with Crippen LogP contribution in [0, 0.1) is 0 Å². The lowest BCUT2D eigenvalue weighted by Gasteiger charge is -2.19. The standard InChI is InChI=1S/C13H25N3O3/c1-13(2,3)14-7-5-12-15-11(16-19-12)6-8-18-10-9-17-4/h14H,5-10H2,1-4H3. The van der Waals surface area contributed by atoms with E-state index in [1.54, 1.807) is 7.11 Å². The van der Waals surface area contributed by atoms with Crippen molar-refractivity contribution in [2.24, 2.45) is 0 Å². The van der Waals surface area contributed by atoms with E-state index >= 15 is 0 Å². The molecule has 6 nitrogen and oxygen atoms in total. The largest absolute Gasteiger partial charge is 0.382 e. The minimum absolute atomic E-state index is 0.109. The fourth-order valence-corrected chi connectivity index (χ4v) is 1.45. The third kappa shape index (κ3) is 7.92. The number of hydrogen-bond donors (Lipinski definition) is 1. The first-order chi connectivity index (χ1) is 9.01. The quantitative estimate of drug-likeness (QED) is 0.681. The normalized spacial score (nSPS) is 12.0. The van der Waals surface area contributed by atoms with Crippen LogP contribution in [0.5, 0.6) is 0 Å². The van der Waals surface area contributed by atoms with Crippen LogP contribution in [0.4, 0.5) is 0 Å². The lowest BCUT2D eigenvalue weighted by atomic mass is 10.1. The molecule has 6 heteroatoms. The van der Waals surface area contributed by atoms with Crippen molar-refractivity contribution < 1.29 is 14.0 Å². The van der Waals surface area contributed by atoms with Gasteiger partial charge in [-0.15, -0.1) is 0 Å². The summed E-state index contributed by atoms with van der Waals surface area (Å²) in [5.74, 6) is 1.37. The zero-order valence-electron chi connectivity index (χ0n) is 12.4. The Morgan fingerprint density at radius 1 is 1.16 bits per heavy atom. The fourth-order valence-electron chi connectivity index (χ4n) is 1.45. The van der Waals surface area contributed by atoms with Crippen LogP contribution in [0.15, 0.2) is 4.52 Å². The molecule has 0 bridgehead atoms. The molecule has 0 saturated heterocycles. The molecule has 0 amide bonds. The summed E-state index contributed by atoms with van der Waals surface area (Å²) in [6.45, 7) is 9.00. The van der Waals surface area contributed by atoms with Crippen LogP contribution in [-0.2, 0) is 22.3 Å². The van der Waals surface area contributed by atoms with Crippen molar-refractivity contribution in [2.45, 2.75) is 39.2 Å². The first-order valence-corrected chi connectivity index (χ1v) is 6.64. The lowest BCUT2D eigenvalue weighted by Crippen LogP contribution is -2.37. The number of methoxy groups -OCH3 is 1. The van der Waals surface area contributed by atoms with Crippen LogP contribution >= 0.6 is 0 Å². The summed E-state index contributed by atoms with van der Waals surface area (Å²) in [6, 6.07) is 0. The van der Waals surface area contributed by atoms with Crippen LogP contribution in [-0.4, -0.2) is 49.2 Å². The molecule has 110 valence electrons. The Labute approximate surface area is 114 Å². The molecule has 0 radical (unpaired) electrons. The molecule has 0 fully saturated rings. The second-order valence-corrected chi connectivity index (χ2v) is 5.39. The van der Waals surface area contributed by atoms with E-state index in [-0.39, 0.29) is 5.54 Å². The van der Waals surface area contributed by atoms with Crippen LogP contribution < -0.4 is 5.32 Å². The summed E-state index contributed by atoms with van der Waals surface area (Å²) >= 11 is 0. The van der Waals surface area contributed by atoms with Gasteiger partial charge in [-0.05, 0) is 20.8 Å². The van der Waals surface area contributed by atoms with Gasteiger partial charge in [0, 0.05) is 32.0 Å². The number of rotatable bonds is 9. The number of aromatic nitrogens is 2. The van der Waals surface area contributed by atoms with Crippen LogP contribution in [0.3, 0.4) is 0 Å². The van der Waals surface area contributed by atoms with E-state index in [4.69, 9.17) is 14.0 Å². The highest BCUT2D eigenvalue weighted by Crippen LogP contribution is 2.02. The Morgan fingerprint density at radius 2 is 1.95 bits per heavy atom. The Hall–Kier alpha value is -0.980. The van der Waals surface area contributed by atoms with Gasteiger partial charge in [0.1, 0.15) is 0 Å². The maximum Gasteiger partial charge on any atom is 0.227 e. The minimum atomic E-state index is 0.109. The molecule has 1 aromatic rings. The van der Waals surface area contributed by atoms with Gasteiger partial charge in [0.15, 0.2) is 5.82 Å². The lowest BCUT2D eigenvalue weighted by molar-refractivity contribution is 0.0714. The molecular formula is C13H25N3O3. The SMILES string of the molecule is COCCOCCc1noc(CCNC(C)(C)C)n1. The van der Waals surface area contributed by atoms with E-state index in [1.165, 1.54) is 0 Å². The maximum atomic E-state index is 5.35. The van der Waals surface area contributed by atoms with Gasteiger partial charge in [0.25, 0.3) is 0 Å². The van der Waals surface area contributed by atoms with Gasteiger partial charge in [-0.3, -0.25) is 0 Å². The van der Waals surface area contributed by atoms with E-state index in [9.17, 15) is 0 Å². The maximum absolute atomic E-state index is 5.35. The van der Waals surface area contributed by atoms with Crippen molar-refractivity contribution in [2.75, 3.05) is 33.5 Å². The number of hydrogen-bond acceptors (Lipinski definition) is 6. The molecule has 0 aliphatic rings. The molecule has 0 aliphatic carbocycles. The molecule has 0 unspecified atom stereocenters. The summed E-state index contributed by atoms with van der Waals surface area (Å²) in [5, 5.41) is 7.30. The van der Waals surface area contributed by atoms with Crippen molar-refractivity contribution in [1.29, 1.82) is 0 Å². The highest BCUT2D eigenvalue weighted by atomic mass is 16.5. The summed E-state index contributed by atoms with van der Waals surface area (Å²) in [5.41, 5.74) is 0.109. The van der Waals surface area contributed by atoms with Crippen molar-refractivity contribution in [3.63, 3.8) is 0 Å². The summed E-state index contributed by atoms with van der Waals surface area (Å²) in [7, 11) is 1.65. The van der Waals surface area contributed by atoms with E-state index in [0.717, 1.165) is 13.0 Å². The van der Waals surface area contributed by atoms with Gasteiger partial charge in [0.05, 0.1) is 19.8 Å². The molecule has 0 saturated carbocycles. The molecule has 0 spiro atoms. The van der Waals surface area contributed by atoms with Gasteiger partial charge in [-0.25, -0.2) is 0 Å². The van der Waals surface area contributed by atoms with E-state index < -0.39 is 0 Å². The molecule has 0 aliphatic heterocycles. The smallest absolute Gasteiger partial charge is 0.227 e. The number of nitrogens with zero attached hydrogens (tertiary/aromatic N) is 2. The third-order valence-electron chi connectivity index (χ3n) is 2.41. The van der Waals surface area contributed by atoms with Crippen molar-refractivity contribution >= 4 is 0 Å². The Kier molecular flexibility index (Phi) is 6.97. The molecule has 0 atom stereocenters. The summed E-state index contributed by atoms with van der Waals surface area (Å²) in [6.07, 6.45) is 1.41. The van der Waals surface area contributed by atoms with Crippen LogP contribution in [0.25, 0.3) is 0 Å². The zero-order chi connectivity index (χ0) is 14.1. The average Bonchev–Trinajstić information content (AvgIpc) is 2.75. The molecule has 1 heterocycles. The number of ether oxygens (including phenoxy) is 2. The summed E-state index contributed by atoms with van der Waals surface area (Å²) < 4.78 is 15.4. The average molecular weight is 271 g/mol. The van der Waals surface area contributed by atoms with E-state index in [0.29, 0.717) is 38.0 Å². The predicted molar refractivity (Wildman–Crippen MR) is 72.2 cm³/mol. The Bertz CT molecular complexity index is 347. The first-order valence-electron chi connectivity index (χ1n) is 6.64. The van der Waals surface area contributed by atoms with Crippen molar-refractivity contribution in [1.82, 2.24) is 15.5 Å². The zero-order valence-corrected chi connectivity index (χ0v) is 12.4. The Morgan fingerprint density at radius 3 is 2.63 bits per heavy atom. The van der Waals surface area contributed by atoms with Gasteiger partial charge in [-0.1, -0.05) is 5.16 Å². The van der Waals surface area contributed by atoms with Crippen LogP contribution in [0.2, 0.25) is 0 Å². The molecule has 19 heavy (non-hydrogen) atoms. The minimum Gasteiger partial charge on any atom is -0.382 e. The molecule has 1 aromatic heterocycles.